The Balaban J connectivity index is 2.28. The summed E-state index contributed by atoms with van der Waals surface area (Å²) in [5.41, 5.74) is 5.18. The summed E-state index contributed by atoms with van der Waals surface area (Å²) in [4.78, 5) is 15.2. The smallest absolute Gasteiger partial charge is 0.161 e. The molecule has 0 radical (unpaired) electrons. The van der Waals surface area contributed by atoms with Crippen LogP contribution in [0.4, 0.5) is 0 Å². The molecule has 0 fully saturated rings. The first-order chi connectivity index (χ1) is 9.70. The van der Waals surface area contributed by atoms with Crippen molar-refractivity contribution in [3.8, 4) is 11.3 Å². The number of aromatic amines is 1. The average molecular weight is 263 g/mol. The molecule has 0 spiro atoms. The molecule has 0 amide bonds. The third-order valence-corrected chi connectivity index (χ3v) is 3.73. The second kappa shape index (κ2) is 4.97. The lowest BCUT2D eigenvalue weighted by atomic mass is 10.0. The van der Waals surface area contributed by atoms with Crippen molar-refractivity contribution < 1.29 is 4.79 Å². The highest BCUT2D eigenvalue weighted by atomic mass is 16.1. The van der Waals surface area contributed by atoms with Gasteiger partial charge in [-0.2, -0.15) is 0 Å². The molecule has 2 heteroatoms. The Morgan fingerprint density at radius 1 is 1.10 bits per heavy atom. The maximum atomic E-state index is 11.8. The van der Waals surface area contributed by atoms with Gasteiger partial charge in [-0.1, -0.05) is 43.3 Å². The lowest BCUT2D eigenvalue weighted by Crippen LogP contribution is -1.95. The lowest BCUT2D eigenvalue weighted by Gasteiger charge is -2.03. The minimum absolute atomic E-state index is 0.0964. The van der Waals surface area contributed by atoms with E-state index in [-0.39, 0.29) is 5.78 Å². The van der Waals surface area contributed by atoms with E-state index in [2.05, 4.69) is 36.2 Å². The topological polar surface area (TPSA) is 32.9 Å². The van der Waals surface area contributed by atoms with Crippen LogP contribution in [0.5, 0.6) is 0 Å². The largest absolute Gasteiger partial charge is 0.354 e. The molecular weight excluding hydrogens is 246 g/mol. The molecule has 1 heterocycles. The Morgan fingerprint density at radius 2 is 1.85 bits per heavy atom. The lowest BCUT2D eigenvalue weighted by molar-refractivity contribution is 0.101. The highest BCUT2D eigenvalue weighted by molar-refractivity contribution is 6.07. The number of aryl methyl sites for hydroxylation is 1. The molecule has 0 aliphatic rings. The molecule has 3 aromatic rings. The fourth-order valence-corrected chi connectivity index (χ4v) is 2.65. The van der Waals surface area contributed by atoms with Crippen LogP contribution in [-0.4, -0.2) is 10.8 Å². The molecule has 0 atom stereocenters. The van der Waals surface area contributed by atoms with E-state index in [0.29, 0.717) is 0 Å². The van der Waals surface area contributed by atoms with Crippen molar-refractivity contribution >= 4 is 16.7 Å². The maximum Gasteiger partial charge on any atom is 0.161 e. The molecule has 2 aromatic carbocycles. The van der Waals surface area contributed by atoms with Gasteiger partial charge < -0.3 is 4.98 Å². The molecule has 1 N–H and O–H groups in total. The Morgan fingerprint density at radius 3 is 2.50 bits per heavy atom. The van der Waals surface area contributed by atoms with E-state index in [9.17, 15) is 4.79 Å². The zero-order valence-electron chi connectivity index (χ0n) is 11.7. The van der Waals surface area contributed by atoms with Gasteiger partial charge in [0.2, 0.25) is 0 Å². The predicted octanol–water partition coefficient (Wildman–Crippen LogP) is 4.60. The Bertz CT molecular complexity index is 769. The van der Waals surface area contributed by atoms with E-state index in [1.54, 1.807) is 6.92 Å². The van der Waals surface area contributed by atoms with E-state index >= 15 is 0 Å². The van der Waals surface area contributed by atoms with Gasteiger partial charge in [0.25, 0.3) is 0 Å². The third-order valence-electron chi connectivity index (χ3n) is 3.73. The molecule has 0 aliphatic heterocycles. The summed E-state index contributed by atoms with van der Waals surface area (Å²) in [5, 5.41) is 1.15. The van der Waals surface area contributed by atoms with Gasteiger partial charge in [-0.15, -0.1) is 0 Å². The molecule has 2 nitrogen and oxygen atoms in total. The minimum Gasteiger partial charge on any atom is -0.354 e. The number of hydrogen-bond donors (Lipinski definition) is 1. The molecule has 0 saturated heterocycles. The molecule has 0 bridgehead atoms. The third kappa shape index (κ3) is 2.03. The number of Topliss-reactive ketones (excluding diaryl/α,β-unsaturated/α-hetero) is 1. The molecule has 0 saturated carbocycles. The van der Waals surface area contributed by atoms with Crippen LogP contribution >= 0.6 is 0 Å². The summed E-state index contributed by atoms with van der Waals surface area (Å²) in [6.07, 6.45) is 0.959. The molecule has 100 valence electrons. The van der Waals surface area contributed by atoms with Gasteiger partial charge in [0, 0.05) is 16.6 Å². The van der Waals surface area contributed by atoms with Crippen LogP contribution < -0.4 is 0 Å². The zero-order chi connectivity index (χ0) is 14.1. The van der Waals surface area contributed by atoms with Crippen LogP contribution in [0.2, 0.25) is 0 Å². The summed E-state index contributed by atoms with van der Waals surface area (Å²) in [6.45, 7) is 3.75. The number of H-pyrrole nitrogens is 1. The molecule has 20 heavy (non-hydrogen) atoms. The van der Waals surface area contributed by atoms with Crippen molar-refractivity contribution in [1.82, 2.24) is 4.98 Å². The Hall–Kier alpha value is -2.35. The first-order valence-corrected chi connectivity index (χ1v) is 6.91. The first kappa shape index (κ1) is 12.7. The highest BCUT2D eigenvalue weighted by Gasteiger charge is 2.12. The number of carbonyl (C=O) groups is 1. The normalized spacial score (nSPS) is 10.9. The molecule has 3 rings (SSSR count). The molecule has 0 unspecified atom stereocenters. The summed E-state index contributed by atoms with van der Waals surface area (Å²) in [7, 11) is 0. The Labute approximate surface area is 118 Å². The number of aromatic nitrogens is 1. The van der Waals surface area contributed by atoms with E-state index in [1.165, 1.54) is 5.56 Å². The molecule has 1 aromatic heterocycles. The van der Waals surface area contributed by atoms with E-state index < -0.39 is 0 Å². The van der Waals surface area contributed by atoms with Crippen molar-refractivity contribution in [2.45, 2.75) is 20.3 Å². The summed E-state index contributed by atoms with van der Waals surface area (Å²) in [5.74, 6) is 0.0964. The fraction of sp³-hybridized carbons (Fsp3) is 0.167. The van der Waals surface area contributed by atoms with Gasteiger partial charge >= 0.3 is 0 Å². The van der Waals surface area contributed by atoms with Gasteiger partial charge in [0.15, 0.2) is 5.78 Å². The highest BCUT2D eigenvalue weighted by Crippen LogP contribution is 2.29. The standard InChI is InChI=1S/C18H17NO/c1-3-13-9-10-15(12(2)20)18-16(13)11-17(19-18)14-7-5-4-6-8-14/h4-11,19H,3H2,1-2H3. The van der Waals surface area contributed by atoms with Crippen LogP contribution in [0.1, 0.15) is 29.8 Å². The number of ketones is 1. The number of hydrogen-bond acceptors (Lipinski definition) is 1. The number of fused-ring (bicyclic) bond motifs is 1. The summed E-state index contributed by atoms with van der Waals surface area (Å²) in [6, 6.07) is 16.3. The number of benzene rings is 2. The SMILES string of the molecule is CCc1ccc(C(C)=O)c2[nH]c(-c3ccccc3)cc12. The van der Waals surface area contributed by atoms with Gasteiger partial charge in [0.05, 0.1) is 5.52 Å². The van der Waals surface area contributed by atoms with Gasteiger partial charge in [-0.25, -0.2) is 0 Å². The minimum atomic E-state index is 0.0964. The van der Waals surface area contributed by atoms with Gasteiger partial charge in [-0.3, -0.25) is 4.79 Å². The number of rotatable bonds is 3. The number of carbonyl (C=O) groups excluding carboxylic acids is 1. The van der Waals surface area contributed by atoms with Gasteiger partial charge in [-0.05, 0) is 36.6 Å². The van der Waals surface area contributed by atoms with Crippen molar-refractivity contribution in [3.05, 3.63) is 59.7 Å². The van der Waals surface area contributed by atoms with Crippen LogP contribution in [0.15, 0.2) is 48.5 Å². The number of nitrogens with one attached hydrogen (secondary N) is 1. The van der Waals surface area contributed by atoms with E-state index in [0.717, 1.165) is 34.1 Å². The quantitative estimate of drug-likeness (QED) is 0.688. The summed E-state index contributed by atoms with van der Waals surface area (Å²) >= 11 is 0. The predicted molar refractivity (Wildman–Crippen MR) is 83.1 cm³/mol. The second-order valence-corrected chi connectivity index (χ2v) is 5.02. The summed E-state index contributed by atoms with van der Waals surface area (Å²) < 4.78 is 0. The average Bonchev–Trinajstić information content (AvgIpc) is 2.91. The zero-order valence-corrected chi connectivity index (χ0v) is 11.7. The second-order valence-electron chi connectivity index (χ2n) is 5.02. The van der Waals surface area contributed by atoms with Crippen molar-refractivity contribution in [3.63, 3.8) is 0 Å². The molecule has 0 aliphatic carbocycles. The van der Waals surface area contributed by atoms with Crippen LogP contribution in [0.25, 0.3) is 22.2 Å². The monoisotopic (exact) mass is 263 g/mol. The van der Waals surface area contributed by atoms with Crippen LogP contribution in [-0.2, 0) is 6.42 Å². The van der Waals surface area contributed by atoms with Gasteiger partial charge in [0.1, 0.15) is 0 Å². The van der Waals surface area contributed by atoms with Crippen molar-refractivity contribution in [2.75, 3.05) is 0 Å². The van der Waals surface area contributed by atoms with Crippen molar-refractivity contribution in [1.29, 1.82) is 0 Å². The fourth-order valence-electron chi connectivity index (χ4n) is 2.65. The van der Waals surface area contributed by atoms with Crippen LogP contribution in [0.3, 0.4) is 0 Å². The van der Waals surface area contributed by atoms with Crippen LogP contribution in [0, 0.1) is 0 Å². The Kier molecular flexibility index (Phi) is 3.15. The first-order valence-electron chi connectivity index (χ1n) is 6.91. The van der Waals surface area contributed by atoms with Crippen molar-refractivity contribution in [2.24, 2.45) is 0 Å². The maximum absolute atomic E-state index is 11.8. The van der Waals surface area contributed by atoms with E-state index in [1.807, 2.05) is 24.3 Å². The van der Waals surface area contributed by atoms with E-state index in [4.69, 9.17) is 0 Å². The molecular formula is C18H17NO.